The van der Waals surface area contributed by atoms with Crippen LogP contribution in [-0.4, -0.2) is 37.9 Å². The Morgan fingerprint density at radius 1 is 1.13 bits per heavy atom. The van der Waals surface area contributed by atoms with Gasteiger partial charge in [0.2, 0.25) is 6.17 Å². The number of hydrogen-bond acceptors (Lipinski definition) is 3. The Morgan fingerprint density at radius 3 is 2.07 bits per heavy atom. The minimum absolute atomic E-state index is 0.170. The van der Waals surface area contributed by atoms with Gasteiger partial charge in [-0.15, -0.1) is 0 Å². The van der Waals surface area contributed by atoms with Crippen LogP contribution < -0.4 is 0 Å². The molecule has 0 rings (SSSR count). The molecule has 0 N–H and O–H groups in total. The number of carbonyl (C=O) groups is 1. The van der Waals surface area contributed by atoms with Crippen LogP contribution in [0.2, 0.25) is 0 Å². The third kappa shape index (κ3) is 4.80. The summed E-state index contributed by atoms with van der Waals surface area (Å²) in [5, 5.41) is 0. The summed E-state index contributed by atoms with van der Waals surface area (Å²) in [7, 11) is 0. The minimum atomic E-state index is -3.69. The van der Waals surface area contributed by atoms with Crippen molar-refractivity contribution in [3.8, 4) is 0 Å². The molecule has 0 bridgehead atoms. The molecule has 0 radical (unpaired) electrons. The zero-order valence-corrected chi connectivity index (χ0v) is 7.63. The van der Waals surface area contributed by atoms with Gasteiger partial charge in [-0.05, 0) is 6.92 Å². The van der Waals surface area contributed by atoms with Crippen molar-refractivity contribution in [3.63, 3.8) is 0 Å². The summed E-state index contributed by atoms with van der Waals surface area (Å²) in [6, 6.07) is 0. The van der Waals surface area contributed by atoms with Crippen molar-refractivity contribution in [1.29, 1.82) is 0 Å². The lowest BCUT2D eigenvalue weighted by atomic mass is 10.2. The van der Waals surface area contributed by atoms with E-state index in [1.807, 2.05) is 0 Å². The van der Waals surface area contributed by atoms with Crippen LogP contribution in [0.1, 0.15) is 6.92 Å². The molecule has 0 saturated carbocycles. The van der Waals surface area contributed by atoms with E-state index in [4.69, 9.17) is 0 Å². The molecule has 15 heavy (non-hydrogen) atoms. The number of carbonyl (C=O) groups excluding carboxylic acids is 1. The molecule has 3 atom stereocenters. The maximum Gasteiger partial charge on any atom is 0.510 e. The first-order chi connectivity index (χ1) is 6.90. The van der Waals surface area contributed by atoms with Crippen LogP contribution in [0.4, 0.5) is 26.7 Å². The molecule has 0 heterocycles. The average molecular weight is 236 g/mol. The monoisotopic (exact) mass is 236 g/mol. The van der Waals surface area contributed by atoms with E-state index in [9.17, 15) is 26.7 Å². The van der Waals surface area contributed by atoms with Gasteiger partial charge >= 0.3 is 6.16 Å². The van der Waals surface area contributed by atoms with Gasteiger partial charge in [0, 0.05) is 0 Å². The van der Waals surface area contributed by atoms with Crippen LogP contribution in [0.25, 0.3) is 0 Å². The van der Waals surface area contributed by atoms with Gasteiger partial charge in [0.1, 0.15) is 0 Å². The van der Waals surface area contributed by atoms with Crippen molar-refractivity contribution in [3.05, 3.63) is 0 Å². The lowest BCUT2D eigenvalue weighted by molar-refractivity contribution is -0.111. The Balaban J connectivity index is 4.08. The van der Waals surface area contributed by atoms with Gasteiger partial charge in [0.25, 0.3) is 12.8 Å². The van der Waals surface area contributed by atoms with E-state index in [2.05, 4.69) is 9.47 Å². The largest absolute Gasteiger partial charge is 0.510 e. The van der Waals surface area contributed by atoms with Gasteiger partial charge in [-0.25, -0.2) is 22.4 Å². The highest BCUT2D eigenvalue weighted by atomic mass is 19.3. The molecule has 0 amide bonds. The molecule has 0 spiro atoms. The Hall–Kier alpha value is -1.08. The molecule has 0 aromatic rings. The van der Waals surface area contributed by atoms with E-state index in [0.717, 1.165) is 0 Å². The van der Waals surface area contributed by atoms with Crippen molar-refractivity contribution in [1.82, 2.24) is 0 Å². The van der Waals surface area contributed by atoms with E-state index in [-0.39, 0.29) is 6.61 Å². The third-order valence-electron chi connectivity index (χ3n) is 1.27. The molecule has 3 nitrogen and oxygen atoms in total. The minimum Gasteiger partial charge on any atom is -0.435 e. The summed E-state index contributed by atoms with van der Waals surface area (Å²) in [6.07, 6.45) is -15.0. The summed E-state index contributed by atoms with van der Waals surface area (Å²) in [4.78, 5) is 10.4. The van der Waals surface area contributed by atoms with E-state index in [1.54, 1.807) is 0 Å². The van der Waals surface area contributed by atoms with Crippen LogP contribution >= 0.6 is 0 Å². The second-order valence-corrected chi connectivity index (χ2v) is 2.38. The number of ether oxygens (including phenoxy) is 2. The Labute approximate surface area is 82.1 Å². The van der Waals surface area contributed by atoms with Crippen LogP contribution in [0.15, 0.2) is 0 Å². The highest BCUT2D eigenvalue weighted by Crippen LogP contribution is 2.19. The Kier molecular flexibility index (Phi) is 5.95. The molecule has 0 fully saturated rings. The SMILES string of the molecule is CCOC(=O)OC(F)C(F)C(F)C(F)F. The van der Waals surface area contributed by atoms with Gasteiger partial charge in [-0.3, -0.25) is 0 Å². The van der Waals surface area contributed by atoms with Crippen molar-refractivity contribution in [2.24, 2.45) is 0 Å². The molecule has 0 aliphatic rings. The highest BCUT2D eigenvalue weighted by molar-refractivity contribution is 5.59. The fraction of sp³-hybridized carbons (Fsp3) is 0.857. The van der Waals surface area contributed by atoms with Crippen LogP contribution in [0, 0.1) is 0 Å². The summed E-state index contributed by atoms with van der Waals surface area (Å²) in [5.74, 6) is 0. The lowest BCUT2D eigenvalue weighted by Gasteiger charge is -2.16. The Bertz CT molecular complexity index is 201. The summed E-state index contributed by atoms with van der Waals surface area (Å²) >= 11 is 0. The smallest absolute Gasteiger partial charge is 0.435 e. The molecule has 0 aromatic carbocycles. The topological polar surface area (TPSA) is 35.5 Å². The summed E-state index contributed by atoms with van der Waals surface area (Å²) in [6.45, 7) is 1.19. The molecule has 0 aromatic heterocycles. The zero-order valence-electron chi connectivity index (χ0n) is 7.63. The molecular weight excluding hydrogens is 227 g/mol. The van der Waals surface area contributed by atoms with E-state index >= 15 is 0 Å². The van der Waals surface area contributed by atoms with Crippen molar-refractivity contribution < 1.29 is 36.2 Å². The molecular formula is C7H9F5O3. The highest BCUT2D eigenvalue weighted by Gasteiger charge is 2.38. The molecule has 90 valence electrons. The first-order valence-corrected chi connectivity index (χ1v) is 3.93. The maximum atomic E-state index is 12.5. The summed E-state index contributed by atoms with van der Waals surface area (Å²) in [5.41, 5.74) is 0. The second-order valence-electron chi connectivity index (χ2n) is 2.38. The lowest BCUT2D eigenvalue weighted by Crippen LogP contribution is -2.36. The van der Waals surface area contributed by atoms with Crippen molar-refractivity contribution in [2.75, 3.05) is 6.61 Å². The fourth-order valence-electron chi connectivity index (χ4n) is 0.592. The molecule has 8 heteroatoms. The van der Waals surface area contributed by atoms with Gasteiger partial charge in [0.15, 0.2) is 6.17 Å². The number of hydrogen-bond donors (Lipinski definition) is 0. The molecule has 0 aliphatic heterocycles. The Morgan fingerprint density at radius 2 is 1.67 bits per heavy atom. The van der Waals surface area contributed by atoms with E-state index < -0.39 is 31.3 Å². The van der Waals surface area contributed by atoms with Gasteiger partial charge < -0.3 is 9.47 Å². The van der Waals surface area contributed by atoms with Crippen molar-refractivity contribution >= 4 is 6.16 Å². The van der Waals surface area contributed by atoms with Crippen LogP contribution in [-0.2, 0) is 9.47 Å². The van der Waals surface area contributed by atoms with Crippen LogP contribution in [0.3, 0.4) is 0 Å². The quantitative estimate of drug-likeness (QED) is 0.543. The van der Waals surface area contributed by atoms with E-state index in [1.165, 1.54) is 6.92 Å². The zero-order chi connectivity index (χ0) is 12.0. The average Bonchev–Trinajstić information content (AvgIpc) is 2.15. The normalized spacial score (nSPS) is 17.0. The number of alkyl halides is 5. The molecule has 0 saturated heterocycles. The second kappa shape index (κ2) is 6.41. The predicted molar refractivity (Wildman–Crippen MR) is 38.8 cm³/mol. The molecule has 3 unspecified atom stereocenters. The standard InChI is InChI=1S/C7H9F5O3/c1-2-14-7(13)15-6(12)4(9)3(8)5(10)11/h3-6H,2H2,1H3. The van der Waals surface area contributed by atoms with E-state index in [0.29, 0.717) is 0 Å². The summed E-state index contributed by atoms with van der Waals surface area (Å²) < 4.78 is 67.9. The number of halogens is 5. The van der Waals surface area contributed by atoms with Gasteiger partial charge in [-0.2, -0.15) is 4.39 Å². The fourth-order valence-corrected chi connectivity index (χ4v) is 0.592. The van der Waals surface area contributed by atoms with Crippen molar-refractivity contribution in [2.45, 2.75) is 32.1 Å². The first kappa shape index (κ1) is 13.9. The van der Waals surface area contributed by atoms with Gasteiger partial charge in [0.05, 0.1) is 6.61 Å². The number of rotatable bonds is 5. The first-order valence-electron chi connectivity index (χ1n) is 3.93. The van der Waals surface area contributed by atoms with Crippen LogP contribution in [0.5, 0.6) is 0 Å². The molecule has 0 aliphatic carbocycles. The predicted octanol–water partition coefficient (Wildman–Crippen LogP) is 2.40. The third-order valence-corrected chi connectivity index (χ3v) is 1.27. The maximum absolute atomic E-state index is 12.5. The van der Waals surface area contributed by atoms with Gasteiger partial charge in [-0.1, -0.05) is 0 Å².